The van der Waals surface area contributed by atoms with Crippen LogP contribution in [-0.4, -0.2) is 11.1 Å². The average Bonchev–Trinajstić information content (AvgIpc) is 2.98. The Labute approximate surface area is 163 Å². The molecule has 1 aromatic carbocycles. The van der Waals surface area contributed by atoms with Crippen LogP contribution in [0.1, 0.15) is 62.5 Å². The van der Waals surface area contributed by atoms with Gasteiger partial charge in [-0.15, -0.1) is 0 Å². The zero-order chi connectivity index (χ0) is 19.1. The average molecular weight is 401 g/mol. The van der Waals surface area contributed by atoms with Gasteiger partial charge in [0.1, 0.15) is 5.82 Å². The van der Waals surface area contributed by atoms with Crippen LogP contribution in [-0.2, 0) is 17.8 Å². The third kappa shape index (κ3) is 5.99. The Morgan fingerprint density at radius 2 is 2.08 bits per heavy atom. The Hall–Kier alpha value is -1.59. The molecule has 142 valence electrons. The maximum absolute atomic E-state index is 12.9. The highest BCUT2D eigenvalue weighted by molar-refractivity contribution is 6.42. The fourth-order valence-corrected chi connectivity index (χ4v) is 2.90. The predicted molar refractivity (Wildman–Crippen MR) is 101 cm³/mol. The van der Waals surface area contributed by atoms with Crippen molar-refractivity contribution in [3.63, 3.8) is 0 Å². The monoisotopic (exact) mass is 400 g/mol. The molecule has 1 heterocycles. The second-order valence-corrected chi connectivity index (χ2v) is 7.16. The van der Waals surface area contributed by atoms with E-state index in [9.17, 15) is 9.18 Å². The molecule has 0 saturated heterocycles. The number of aromatic nitrogens is 1. The third-order valence-corrected chi connectivity index (χ3v) is 4.97. The van der Waals surface area contributed by atoms with Crippen LogP contribution in [0.15, 0.2) is 22.7 Å². The molecule has 26 heavy (non-hydrogen) atoms. The number of nitrogens with zero attached hydrogens (tertiary/aromatic N) is 1. The smallest absolute Gasteiger partial charge is 0.217 e. The number of benzene rings is 1. The largest absolute Gasteiger partial charge is 0.359 e. The van der Waals surface area contributed by atoms with Gasteiger partial charge in [-0.2, -0.15) is 0 Å². The lowest BCUT2D eigenvalue weighted by Gasteiger charge is -2.22. The molecule has 1 amide bonds. The first-order valence-electron chi connectivity index (χ1n) is 8.74. The minimum atomic E-state index is -0.437. The van der Waals surface area contributed by atoms with Gasteiger partial charge in [-0.05, 0) is 37.0 Å². The minimum absolute atomic E-state index is 0.0107. The van der Waals surface area contributed by atoms with Crippen molar-refractivity contribution in [2.75, 3.05) is 0 Å². The summed E-state index contributed by atoms with van der Waals surface area (Å²) in [5.74, 6) is 0.839. The van der Waals surface area contributed by atoms with Gasteiger partial charge in [0.15, 0.2) is 5.76 Å². The molecular weight excluding hydrogens is 378 g/mol. The van der Waals surface area contributed by atoms with E-state index in [1.807, 2.05) is 13.0 Å². The Morgan fingerprint density at radius 1 is 1.35 bits per heavy atom. The number of rotatable bonds is 5. The van der Waals surface area contributed by atoms with Crippen LogP contribution in [0.2, 0.25) is 10.0 Å². The van der Waals surface area contributed by atoms with Crippen molar-refractivity contribution in [1.29, 1.82) is 0 Å². The summed E-state index contributed by atoms with van der Waals surface area (Å²) in [7, 11) is 0. The van der Waals surface area contributed by atoms with Crippen molar-refractivity contribution < 1.29 is 13.7 Å². The lowest BCUT2D eigenvalue weighted by molar-refractivity contribution is -0.119. The molecule has 0 aliphatic heterocycles. The van der Waals surface area contributed by atoms with Gasteiger partial charge in [-0.3, -0.25) is 4.79 Å². The Bertz CT molecular complexity index is 722. The fraction of sp³-hybridized carbons (Fsp3) is 0.474. The van der Waals surface area contributed by atoms with Crippen molar-refractivity contribution >= 4 is 29.1 Å². The summed E-state index contributed by atoms with van der Waals surface area (Å²) in [5.41, 5.74) is 1.93. The highest BCUT2D eigenvalue weighted by Gasteiger charge is 2.22. The molecule has 0 bridgehead atoms. The molecule has 1 N–H and O–H groups in total. The number of carbonyl (C=O) groups excluding carboxylic acids is 1. The van der Waals surface area contributed by atoms with Crippen LogP contribution in [0.5, 0.6) is 0 Å². The van der Waals surface area contributed by atoms with Crippen LogP contribution in [0.4, 0.5) is 4.39 Å². The SMILES string of the molecule is CC(=O)NCc1cc(C2CCC2)no1.CCCc1cc(F)c(Cl)c(Cl)c1. The molecule has 3 rings (SSSR count). The number of nitrogens with one attached hydrogen (secondary N) is 1. The number of halogens is 3. The number of amides is 1. The van der Waals surface area contributed by atoms with Crippen LogP contribution >= 0.6 is 23.2 Å². The van der Waals surface area contributed by atoms with Gasteiger partial charge >= 0.3 is 0 Å². The summed E-state index contributed by atoms with van der Waals surface area (Å²) in [6.07, 6.45) is 5.52. The molecule has 1 aromatic heterocycles. The molecule has 0 radical (unpaired) electrons. The fourth-order valence-electron chi connectivity index (χ4n) is 2.56. The first kappa shape index (κ1) is 20.7. The van der Waals surface area contributed by atoms with Gasteiger partial charge < -0.3 is 9.84 Å². The van der Waals surface area contributed by atoms with Gasteiger partial charge in [0.25, 0.3) is 0 Å². The van der Waals surface area contributed by atoms with Gasteiger partial charge in [0.05, 0.1) is 22.3 Å². The molecule has 1 aliphatic rings. The molecule has 4 nitrogen and oxygen atoms in total. The second kappa shape index (κ2) is 9.93. The summed E-state index contributed by atoms with van der Waals surface area (Å²) in [5, 5.41) is 6.97. The summed E-state index contributed by atoms with van der Waals surface area (Å²) in [6.45, 7) is 3.96. The number of hydrogen-bond acceptors (Lipinski definition) is 3. The molecule has 2 aromatic rings. The summed E-state index contributed by atoms with van der Waals surface area (Å²) < 4.78 is 18.1. The van der Waals surface area contributed by atoms with E-state index in [2.05, 4.69) is 10.5 Å². The van der Waals surface area contributed by atoms with Crippen molar-refractivity contribution in [1.82, 2.24) is 10.5 Å². The van der Waals surface area contributed by atoms with E-state index >= 15 is 0 Å². The first-order valence-corrected chi connectivity index (χ1v) is 9.49. The third-order valence-electron chi connectivity index (χ3n) is 4.19. The maximum atomic E-state index is 12.9. The Kier molecular flexibility index (Phi) is 7.91. The van der Waals surface area contributed by atoms with Crippen molar-refractivity contribution in [3.8, 4) is 0 Å². The molecule has 7 heteroatoms. The molecule has 1 aliphatic carbocycles. The van der Waals surface area contributed by atoms with Crippen LogP contribution in [0, 0.1) is 5.82 Å². The molecular formula is C19H23Cl2FN2O2. The molecule has 1 fully saturated rings. The normalized spacial score (nSPS) is 13.6. The standard InChI is InChI=1S/C10H14N2O2.C9H9Cl2F/c1-7(13)11-6-9-5-10(12-14-9)8-3-2-4-8;1-2-3-6-4-7(10)9(11)8(12)5-6/h5,8H,2-4,6H2,1H3,(H,11,13);4-5H,2-3H2,1H3. The van der Waals surface area contributed by atoms with E-state index in [-0.39, 0.29) is 10.9 Å². The van der Waals surface area contributed by atoms with E-state index in [1.54, 1.807) is 6.07 Å². The zero-order valence-electron chi connectivity index (χ0n) is 14.9. The van der Waals surface area contributed by atoms with Gasteiger partial charge in [0.2, 0.25) is 5.91 Å². The van der Waals surface area contributed by atoms with E-state index in [4.69, 9.17) is 27.7 Å². The quantitative estimate of drug-likeness (QED) is 0.658. The van der Waals surface area contributed by atoms with E-state index in [0.29, 0.717) is 17.5 Å². The molecule has 0 spiro atoms. The molecule has 0 atom stereocenters. The number of aryl methyl sites for hydroxylation is 1. The summed E-state index contributed by atoms with van der Waals surface area (Å²) in [6, 6.07) is 5.08. The van der Waals surface area contributed by atoms with Gasteiger partial charge in [0, 0.05) is 18.9 Å². The van der Waals surface area contributed by atoms with E-state index in [1.165, 1.54) is 32.3 Å². The lowest BCUT2D eigenvalue weighted by Crippen LogP contribution is -2.18. The second-order valence-electron chi connectivity index (χ2n) is 6.38. The van der Waals surface area contributed by atoms with E-state index < -0.39 is 5.82 Å². The first-order chi connectivity index (χ1) is 12.4. The van der Waals surface area contributed by atoms with Crippen molar-refractivity contribution in [2.45, 2.75) is 58.4 Å². The number of hydrogen-bond donors (Lipinski definition) is 1. The Morgan fingerprint density at radius 3 is 2.62 bits per heavy atom. The summed E-state index contributed by atoms with van der Waals surface area (Å²) in [4.78, 5) is 10.7. The highest BCUT2D eigenvalue weighted by Crippen LogP contribution is 2.35. The van der Waals surface area contributed by atoms with E-state index in [0.717, 1.165) is 29.9 Å². The zero-order valence-corrected chi connectivity index (χ0v) is 16.5. The molecule has 1 saturated carbocycles. The lowest BCUT2D eigenvalue weighted by atomic mass is 9.83. The topological polar surface area (TPSA) is 55.1 Å². The van der Waals surface area contributed by atoms with Crippen LogP contribution < -0.4 is 5.32 Å². The Balaban J connectivity index is 0.000000190. The van der Waals surface area contributed by atoms with Crippen molar-refractivity contribution in [3.05, 3.63) is 51.1 Å². The highest BCUT2D eigenvalue weighted by atomic mass is 35.5. The maximum Gasteiger partial charge on any atom is 0.217 e. The van der Waals surface area contributed by atoms with Gasteiger partial charge in [-0.1, -0.05) is 48.1 Å². The van der Waals surface area contributed by atoms with Crippen LogP contribution in [0.25, 0.3) is 0 Å². The number of carbonyl (C=O) groups is 1. The predicted octanol–water partition coefficient (Wildman–Crippen LogP) is 5.66. The van der Waals surface area contributed by atoms with Crippen molar-refractivity contribution in [2.24, 2.45) is 0 Å². The van der Waals surface area contributed by atoms with Crippen LogP contribution in [0.3, 0.4) is 0 Å². The summed E-state index contributed by atoms with van der Waals surface area (Å²) >= 11 is 11.2. The molecule has 0 unspecified atom stereocenters. The minimum Gasteiger partial charge on any atom is -0.359 e. The van der Waals surface area contributed by atoms with Gasteiger partial charge in [-0.25, -0.2) is 4.39 Å².